The van der Waals surface area contributed by atoms with Crippen LogP contribution in [0.2, 0.25) is 0 Å². The summed E-state index contributed by atoms with van der Waals surface area (Å²) in [6, 6.07) is 5.95. The monoisotopic (exact) mass is 424 g/mol. The molecule has 0 radical (unpaired) electrons. The van der Waals surface area contributed by atoms with E-state index in [1.165, 1.54) is 16.3 Å². The average Bonchev–Trinajstić information content (AvgIpc) is 3.00. The fourth-order valence-corrected chi connectivity index (χ4v) is 5.32. The Morgan fingerprint density at radius 3 is 2.31 bits per heavy atom. The Kier molecular flexibility index (Phi) is 6.60. The molecule has 0 saturated carbocycles. The van der Waals surface area contributed by atoms with Crippen molar-refractivity contribution in [1.82, 2.24) is 9.21 Å². The zero-order valence-corrected chi connectivity index (χ0v) is 18.1. The summed E-state index contributed by atoms with van der Waals surface area (Å²) in [5.74, 6) is 0.803. The fraction of sp³-hybridized carbons (Fsp3) is 0.600. The molecule has 1 N–H and O–H groups in total. The van der Waals surface area contributed by atoms with Gasteiger partial charge in [-0.3, -0.25) is 14.5 Å². The van der Waals surface area contributed by atoms with Gasteiger partial charge >= 0.3 is 0 Å². The van der Waals surface area contributed by atoms with Crippen LogP contribution in [0.5, 0.6) is 5.75 Å². The van der Waals surface area contributed by atoms with Crippen molar-refractivity contribution in [2.75, 3.05) is 39.8 Å². The van der Waals surface area contributed by atoms with Crippen molar-refractivity contribution in [3.8, 4) is 5.75 Å². The van der Waals surface area contributed by atoms with Crippen LogP contribution in [0.4, 0.5) is 0 Å². The zero-order chi connectivity index (χ0) is 21.2. The summed E-state index contributed by atoms with van der Waals surface area (Å²) >= 11 is 0. The van der Waals surface area contributed by atoms with E-state index in [1.807, 2.05) is 0 Å². The number of carbonyl (C=O) groups is 2. The normalized spacial score (nSPS) is 21.9. The second kappa shape index (κ2) is 8.81. The molecule has 1 atom stereocenters. The van der Waals surface area contributed by atoms with Crippen LogP contribution in [-0.2, 0) is 19.6 Å². The van der Waals surface area contributed by atoms with Gasteiger partial charge in [0.05, 0.1) is 44.6 Å². The number of methoxy groups -OCH3 is 1. The minimum atomic E-state index is -3.59. The smallest absolute Gasteiger partial charge is 0.288 e. The Bertz CT molecular complexity index is 845. The van der Waals surface area contributed by atoms with Crippen molar-refractivity contribution < 1.29 is 27.6 Å². The highest BCUT2D eigenvalue weighted by Gasteiger charge is 2.46. The van der Waals surface area contributed by atoms with E-state index in [1.54, 1.807) is 24.3 Å². The van der Waals surface area contributed by atoms with Crippen molar-refractivity contribution in [2.45, 2.75) is 37.6 Å². The molecule has 2 fully saturated rings. The Balaban J connectivity index is 1.61. The Morgan fingerprint density at radius 2 is 1.76 bits per heavy atom. The lowest BCUT2D eigenvalue weighted by Crippen LogP contribution is -3.19. The number of sulfonamides is 1. The van der Waals surface area contributed by atoms with Gasteiger partial charge in [0.2, 0.25) is 15.9 Å². The number of ether oxygens (including phenoxy) is 1. The van der Waals surface area contributed by atoms with Crippen molar-refractivity contribution >= 4 is 21.8 Å². The molecule has 8 nitrogen and oxygen atoms in total. The van der Waals surface area contributed by atoms with Gasteiger partial charge in [0.25, 0.3) is 5.91 Å². The molecule has 2 heterocycles. The largest absolute Gasteiger partial charge is 0.497 e. The van der Waals surface area contributed by atoms with Crippen LogP contribution in [0.3, 0.4) is 0 Å². The summed E-state index contributed by atoms with van der Waals surface area (Å²) in [5.41, 5.74) is 0. The van der Waals surface area contributed by atoms with E-state index in [2.05, 4.69) is 13.8 Å². The zero-order valence-electron chi connectivity index (χ0n) is 17.3. The highest BCUT2D eigenvalue weighted by Crippen LogP contribution is 2.20. The average molecular weight is 425 g/mol. The summed E-state index contributed by atoms with van der Waals surface area (Å²) in [4.78, 5) is 27.6. The number of rotatable bonds is 7. The maximum absolute atomic E-state index is 12.9. The molecule has 1 aromatic rings. The van der Waals surface area contributed by atoms with E-state index in [-0.39, 0.29) is 29.2 Å². The van der Waals surface area contributed by atoms with Gasteiger partial charge in [0, 0.05) is 6.54 Å². The Morgan fingerprint density at radius 1 is 1.14 bits per heavy atom. The van der Waals surface area contributed by atoms with Crippen LogP contribution in [0.15, 0.2) is 29.2 Å². The molecule has 29 heavy (non-hydrogen) atoms. The minimum Gasteiger partial charge on any atom is -0.497 e. The van der Waals surface area contributed by atoms with E-state index < -0.39 is 10.0 Å². The van der Waals surface area contributed by atoms with E-state index in [0.717, 1.165) is 11.3 Å². The molecule has 3 rings (SSSR count). The van der Waals surface area contributed by atoms with Crippen molar-refractivity contribution in [3.63, 3.8) is 0 Å². The summed E-state index contributed by atoms with van der Waals surface area (Å²) in [7, 11) is -2.05. The number of likely N-dealkylation sites (tertiary alicyclic amines) is 1. The Labute approximate surface area is 172 Å². The summed E-state index contributed by atoms with van der Waals surface area (Å²) in [6.07, 6.45) is 1.02. The number of carbonyl (C=O) groups excluding carboxylic acids is 2. The predicted octanol–water partition coefficient (Wildman–Crippen LogP) is -0.242. The third kappa shape index (κ3) is 4.62. The minimum absolute atomic E-state index is 0.110. The molecule has 2 amide bonds. The van der Waals surface area contributed by atoms with Crippen molar-refractivity contribution in [2.24, 2.45) is 5.92 Å². The van der Waals surface area contributed by atoms with Gasteiger partial charge in [-0.05, 0) is 36.6 Å². The van der Waals surface area contributed by atoms with Crippen LogP contribution < -0.4 is 9.64 Å². The first-order chi connectivity index (χ1) is 13.7. The van der Waals surface area contributed by atoms with Crippen LogP contribution in [0, 0.1) is 5.92 Å². The maximum Gasteiger partial charge on any atom is 0.288 e. The lowest BCUT2D eigenvalue weighted by atomic mass is 10.1. The van der Waals surface area contributed by atoms with Gasteiger partial charge in [0.1, 0.15) is 5.75 Å². The van der Waals surface area contributed by atoms with Gasteiger partial charge in [-0.2, -0.15) is 4.31 Å². The molecule has 0 aliphatic carbocycles. The van der Waals surface area contributed by atoms with Gasteiger partial charge in [-0.1, -0.05) is 13.8 Å². The van der Waals surface area contributed by atoms with E-state index in [4.69, 9.17) is 4.74 Å². The number of benzene rings is 1. The number of piperazine rings is 1. The molecule has 0 spiro atoms. The number of nitrogens with zero attached hydrogens (tertiary/aromatic N) is 2. The second-order valence-electron chi connectivity index (χ2n) is 8.06. The lowest BCUT2D eigenvalue weighted by Gasteiger charge is -2.33. The van der Waals surface area contributed by atoms with E-state index in [0.29, 0.717) is 44.4 Å². The summed E-state index contributed by atoms with van der Waals surface area (Å²) < 4.78 is 32.3. The molecule has 2 saturated heterocycles. The molecule has 0 unspecified atom stereocenters. The number of nitrogens with one attached hydrogen (secondary N) is 1. The number of quaternary nitrogens is 1. The lowest BCUT2D eigenvalue weighted by molar-refractivity contribution is -0.918. The highest BCUT2D eigenvalue weighted by atomic mass is 32.2. The van der Waals surface area contributed by atoms with Crippen LogP contribution in [0.1, 0.15) is 26.7 Å². The molecule has 9 heteroatoms. The highest BCUT2D eigenvalue weighted by molar-refractivity contribution is 7.89. The molecule has 1 aromatic carbocycles. The Hall–Kier alpha value is -1.97. The first-order valence-electron chi connectivity index (χ1n) is 10.1. The number of amides is 2. The summed E-state index contributed by atoms with van der Waals surface area (Å²) in [5, 5.41) is 0. The third-order valence-corrected chi connectivity index (χ3v) is 7.64. The first-order valence-corrected chi connectivity index (χ1v) is 11.5. The molecular weight excluding hydrogens is 394 g/mol. The number of imide groups is 1. The van der Waals surface area contributed by atoms with Gasteiger partial charge in [-0.25, -0.2) is 8.42 Å². The maximum atomic E-state index is 12.9. The predicted molar refractivity (Wildman–Crippen MR) is 107 cm³/mol. The second-order valence-corrected chi connectivity index (χ2v) is 10.00. The van der Waals surface area contributed by atoms with Crippen molar-refractivity contribution in [3.05, 3.63) is 24.3 Å². The third-order valence-electron chi connectivity index (χ3n) is 5.73. The molecule has 2 aliphatic rings. The van der Waals surface area contributed by atoms with Crippen LogP contribution in [0.25, 0.3) is 0 Å². The SMILES string of the molecule is COc1ccc(S(=O)(=O)N2CC[NH+]([C@@H]3CC(=O)N(CCC(C)C)C3=O)CC2)cc1. The first kappa shape index (κ1) is 21.7. The molecular formula is C20H30N3O5S+. The summed E-state index contributed by atoms with van der Waals surface area (Å²) in [6.45, 7) is 6.28. The van der Waals surface area contributed by atoms with Crippen molar-refractivity contribution in [1.29, 1.82) is 0 Å². The van der Waals surface area contributed by atoms with Gasteiger partial charge in [-0.15, -0.1) is 0 Å². The molecule has 2 aliphatic heterocycles. The standard InChI is InChI=1S/C20H29N3O5S/c1-15(2)8-9-23-19(24)14-18(20(23)25)21-10-12-22(13-11-21)29(26,27)17-6-4-16(28-3)5-7-17/h4-7,15,18H,8-14H2,1-3H3/p+1/t18-/m1/s1. The molecule has 0 bridgehead atoms. The quantitative estimate of drug-likeness (QED) is 0.611. The molecule has 0 aromatic heterocycles. The van der Waals surface area contributed by atoms with E-state index in [9.17, 15) is 18.0 Å². The number of hydrogen-bond donors (Lipinski definition) is 1. The topological polar surface area (TPSA) is 88.4 Å². The van der Waals surface area contributed by atoms with Gasteiger partial charge in [0.15, 0.2) is 6.04 Å². The number of hydrogen-bond acceptors (Lipinski definition) is 5. The molecule has 160 valence electrons. The van der Waals surface area contributed by atoms with Crippen LogP contribution in [-0.4, -0.2) is 75.3 Å². The fourth-order valence-electron chi connectivity index (χ4n) is 3.88. The van der Waals surface area contributed by atoms with Gasteiger partial charge < -0.3 is 9.64 Å². The van der Waals surface area contributed by atoms with E-state index >= 15 is 0 Å². The van der Waals surface area contributed by atoms with Crippen LogP contribution >= 0.6 is 0 Å².